The number of pyridine rings is 1. The Bertz CT molecular complexity index is 806. The standard InChI is InChI=1S/C17H20N6S/c1-13-3-4-15(24-13)11-22-17(18-2)21-10-14-5-6-20-16(9-14)23-8-7-19-12-23/h3-9,12H,10-11H2,1-2H3,(H2,18,21,22). The summed E-state index contributed by atoms with van der Waals surface area (Å²) in [7, 11) is 1.78. The first kappa shape index (κ1) is 16.2. The van der Waals surface area contributed by atoms with Crippen molar-refractivity contribution in [2.75, 3.05) is 7.05 Å². The molecule has 124 valence electrons. The van der Waals surface area contributed by atoms with E-state index in [9.17, 15) is 0 Å². The lowest BCUT2D eigenvalue weighted by Crippen LogP contribution is -2.36. The zero-order valence-corrected chi connectivity index (χ0v) is 14.5. The monoisotopic (exact) mass is 340 g/mol. The van der Waals surface area contributed by atoms with Gasteiger partial charge in [0.1, 0.15) is 12.1 Å². The van der Waals surface area contributed by atoms with Crippen molar-refractivity contribution in [2.45, 2.75) is 20.0 Å². The Kier molecular flexibility index (Phi) is 5.22. The SMILES string of the molecule is CN=C(NCc1ccnc(-n2ccnc2)c1)NCc1ccc(C)s1. The number of hydrogen-bond donors (Lipinski definition) is 2. The smallest absolute Gasteiger partial charge is 0.191 e. The molecule has 0 atom stereocenters. The molecule has 24 heavy (non-hydrogen) atoms. The number of aliphatic imine (C=N–C) groups is 1. The average molecular weight is 340 g/mol. The molecule has 0 aromatic carbocycles. The first-order valence-electron chi connectivity index (χ1n) is 7.67. The second-order valence-electron chi connectivity index (χ2n) is 5.28. The van der Waals surface area contributed by atoms with Gasteiger partial charge >= 0.3 is 0 Å². The number of hydrogen-bond acceptors (Lipinski definition) is 4. The van der Waals surface area contributed by atoms with Crippen LogP contribution < -0.4 is 10.6 Å². The summed E-state index contributed by atoms with van der Waals surface area (Å²) < 4.78 is 1.88. The van der Waals surface area contributed by atoms with E-state index in [0.717, 1.165) is 23.9 Å². The van der Waals surface area contributed by atoms with Crippen molar-refractivity contribution in [3.63, 3.8) is 0 Å². The van der Waals surface area contributed by atoms with Gasteiger partial charge in [-0.05, 0) is 36.8 Å². The molecule has 0 radical (unpaired) electrons. The van der Waals surface area contributed by atoms with Crippen LogP contribution in [-0.4, -0.2) is 27.5 Å². The quantitative estimate of drug-likeness (QED) is 0.553. The second-order valence-corrected chi connectivity index (χ2v) is 6.66. The Hall–Kier alpha value is -2.67. The van der Waals surface area contributed by atoms with Crippen LogP contribution in [-0.2, 0) is 13.1 Å². The topological polar surface area (TPSA) is 67.1 Å². The average Bonchev–Trinajstić information content (AvgIpc) is 3.27. The predicted molar refractivity (Wildman–Crippen MR) is 97.5 cm³/mol. The van der Waals surface area contributed by atoms with E-state index in [1.165, 1.54) is 9.75 Å². The predicted octanol–water partition coefficient (Wildman–Crippen LogP) is 2.50. The number of aromatic nitrogens is 3. The summed E-state index contributed by atoms with van der Waals surface area (Å²) in [5.41, 5.74) is 1.13. The molecule has 0 saturated heterocycles. The molecule has 0 amide bonds. The highest BCUT2D eigenvalue weighted by molar-refractivity contribution is 7.11. The van der Waals surface area contributed by atoms with Crippen molar-refractivity contribution < 1.29 is 0 Å². The minimum absolute atomic E-state index is 0.674. The number of imidazole rings is 1. The molecule has 0 unspecified atom stereocenters. The van der Waals surface area contributed by atoms with Crippen LogP contribution in [0.2, 0.25) is 0 Å². The number of aryl methyl sites for hydroxylation is 1. The number of rotatable bonds is 5. The molecule has 2 N–H and O–H groups in total. The van der Waals surface area contributed by atoms with Crippen molar-refractivity contribution in [2.24, 2.45) is 4.99 Å². The first-order valence-corrected chi connectivity index (χ1v) is 8.49. The van der Waals surface area contributed by atoms with E-state index < -0.39 is 0 Å². The molecule has 3 rings (SSSR count). The summed E-state index contributed by atoms with van der Waals surface area (Å²) in [6, 6.07) is 8.29. The number of nitrogens with zero attached hydrogens (tertiary/aromatic N) is 4. The first-order chi connectivity index (χ1) is 11.7. The molecule has 6 nitrogen and oxygen atoms in total. The minimum Gasteiger partial charge on any atom is -0.352 e. The Morgan fingerprint density at radius 3 is 2.79 bits per heavy atom. The van der Waals surface area contributed by atoms with Crippen LogP contribution >= 0.6 is 11.3 Å². The van der Waals surface area contributed by atoms with Gasteiger partial charge in [-0.3, -0.25) is 9.56 Å². The molecule has 3 heterocycles. The van der Waals surface area contributed by atoms with Crippen LogP contribution in [0.3, 0.4) is 0 Å². The van der Waals surface area contributed by atoms with Gasteiger partial charge in [-0.2, -0.15) is 0 Å². The maximum atomic E-state index is 4.36. The van der Waals surface area contributed by atoms with Crippen LogP contribution in [0.1, 0.15) is 15.3 Å². The number of nitrogens with one attached hydrogen (secondary N) is 2. The molecule has 7 heteroatoms. The molecule has 0 aliphatic carbocycles. The summed E-state index contributed by atoms with van der Waals surface area (Å²) in [6.45, 7) is 3.56. The van der Waals surface area contributed by atoms with Crippen molar-refractivity contribution in [3.8, 4) is 5.82 Å². The molecule has 3 aromatic heterocycles. The molecule has 3 aromatic rings. The maximum Gasteiger partial charge on any atom is 0.191 e. The van der Waals surface area contributed by atoms with Crippen LogP contribution in [0.5, 0.6) is 0 Å². The van der Waals surface area contributed by atoms with Gasteiger partial charge in [-0.15, -0.1) is 11.3 Å². The third-order valence-corrected chi connectivity index (χ3v) is 4.49. The molecule has 0 fully saturated rings. The highest BCUT2D eigenvalue weighted by atomic mass is 32.1. The molecular weight excluding hydrogens is 320 g/mol. The van der Waals surface area contributed by atoms with Gasteiger partial charge in [0.2, 0.25) is 0 Å². The lowest BCUT2D eigenvalue weighted by molar-refractivity contribution is 0.812. The van der Waals surface area contributed by atoms with Gasteiger partial charge in [0.25, 0.3) is 0 Å². The molecule has 0 aliphatic rings. The van der Waals surface area contributed by atoms with E-state index in [1.807, 2.05) is 22.9 Å². The Morgan fingerprint density at radius 2 is 2.08 bits per heavy atom. The van der Waals surface area contributed by atoms with Gasteiger partial charge in [0.15, 0.2) is 5.96 Å². The third-order valence-electron chi connectivity index (χ3n) is 3.49. The third kappa shape index (κ3) is 4.20. The van der Waals surface area contributed by atoms with Crippen molar-refractivity contribution in [1.82, 2.24) is 25.2 Å². The number of thiophene rings is 1. The Labute approximate surface area is 145 Å². The molecule has 0 bridgehead atoms. The summed E-state index contributed by atoms with van der Waals surface area (Å²) in [6.07, 6.45) is 7.16. The summed E-state index contributed by atoms with van der Waals surface area (Å²) in [5.74, 6) is 1.63. The fraction of sp³-hybridized carbons (Fsp3) is 0.235. The minimum atomic E-state index is 0.674. The molecule has 0 aliphatic heterocycles. The van der Waals surface area contributed by atoms with E-state index in [2.05, 4.69) is 44.7 Å². The summed E-state index contributed by atoms with van der Waals surface area (Å²) >= 11 is 1.79. The summed E-state index contributed by atoms with van der Waals surface area (Å²) in [5, 5.41) is 6.66. The zero-order valence-electron chi connectivity index (χ0n) is 13.7. The normalized spacial score (nSPS) is 11.5. The molecule has 0 saturated carbocycles. The van der Waals surface area contributed by atoms with E-state index in [0.29, 0.717) is 6.54 Å². The van der Waals surface area contributed by atoms with E-state index >= 15 is 0 Å². The van der Waals surface area contributed by atoms with Crippen LogP contribution in [0.25, 0.3) is 5.82 Å². The van der Waals surface area contributed by atoms with Crippen molar-refractivity contribution >= 4 is 17.3 Å². The van der Waals surface area contributed by atoms with Gasteiger partial charge in [-0.1, -0.05) is 0 Å². The van der Waals surface area contributed by atoms with Gasteiger partial charge in [0, 0.05) is 41.9 Å². The number of guanidine groups is 1. The largest absolute Gasteiger partial charge is 0.352 e. The molecular formula is C17H20N6S. The van der Waals surface area contributed by atoms with E-state index in [1.54, 1.807) is 37.1 Å². The highest BCUT2D eigenvalue weighted by Crippen LogP contribution is 2.14. The summed E-state index contributed by atoms with van der Waals surface area (Å²) in [4.78, 5) is 15.3. The molecule has 0 spiro atoms. The van der Waals surface area contributed by atoms with Crippen LogP contribution in [0.15, 0.2) is 54.2 Å². The lowest BCUT2D eigenvalue weighted by Gasteiger charge is -2.12. The second kappa shape index (κ2) is 7.74. The van der Waals surface area contributed by atoms with Crippen molar-refractivity contribution in [3.05, 3.63) is 64.5 Å². The van der Waals surface area contributed by atoms with Crippen LogP contribution in [0, 0.1) is 6.92 Å². The fourth-order valence-corrected chi connectivity index (χ4v) is 3.09. The van der Waals surface area contributed by atoms with E-state index in [-0.39, 0.29) is 0 Å². The van der Waals surface area contributed by atoms with Crippen molar-refractivity contribution in [1.29, 1.82) is 0 Å². The lowest BCUT2D eigenvalue weighted by atomic mass is 10.2. The van der Waals surface area contributed by atoms with Crippen LogP contribution in [0.4, 0.5) is 0 Å². The van der Waals surface area contributed by atoms with E-state index in [4.69, 9.17) is 0 Å². The van der Waals surface area contributed by atoms with Gasteiger partial charge in [0.05, 0.1) is 6.54 Å². The van der Waals surface area contributed by atoms with Gasteiger partial charge in [-0.25, -0.2) is 9.97 Å². The van der Waals surface area contributed by atoms with Gasteiger partial charge < -0.3 is 10.6 Å². The zero-order chi connectivity index (χ0) is 16.8. The fourth-order valence-electron chi connectivity index (χ4n) is 2.26. The Balaban J connectivity index is 1.56. The highest BCUT2D eigenvalue weighted by Gasteiger charge is 2.03. The Morgan fingerprint density at radius 1 is 1.21 bits per heavy atom. The maximum absolute atomic E-state index is 4.36.